The van der Waals surface area contributed by atoms with Crippen LogP contribution in [0.4, 0.5) is 4.79 Å². The highest BCUT2D eigenvalue weighted by molar-refractivity contribution is 6.02. The third-order valence-corrected chi connectivity index (χ3v) is 4.10. The van der Waals surface area contributed by atoms with Gasteiger partial charge in [0.25, 0.3) is 5.91 Å². The van der Waals surface area contributed by atoms with E-state index < -0.39 is 0 Å². The fourth-order valence-corrected chi connectivity index (χ4v) is 3.09. The number of likely N-dealkylation sites (N-methyl/N-ethyl adjacent to an activating group) is 2. The molecule has 0 saturated carbocycles. The summed E-state index contributed by atoms with van der Waals surface area (Å²) >= 11 is 0. The van der Waals surface area contributed by atoms with Gasteiger partial charge in [0.1, 0.15) is 6.54 Å². The smallest absolute Gasteiger partial charge is 0.315 e. The molecule has 20 heavy (non-hydrogen) atoms. The van der Waals surface area contributed by atoms with E-state index in [0.29, 0.717) is 13.1 Å². The Bertz CT molecular complexity index is 558. The predicted molar refractivity (Wildman–Crippen MR) is 75.0 cm³/mol. The number of benzene rings is 1. The van der Waals surface area contributed by atoms with E-state index in [0.717, 1.165) is 12.1 Å². The van der Waals surface area contributed by atoms with Gasteiger partial charge in [0, 0.05) is 19.6 Å². The zero-order valence-electron chi connectivity index (χ0n) is 11.9. The molecule has 1 atom stereocenters. The lowest BCUT2D eigenvalue weighted by molar-refractivity contribution is -0.127. The molecule has 106 valence electrons. The summed E-state index contributed by atoms with van der Waals surface area (Å²) in [5.41, 5.74) is 2.30. The molecular weight excluding hydrogens is 254 g/mol. The Balaban J connectivity index is 1.98. The van der Waals surface area contributed by atoms with E-state index in [-0.39, 0.29) is 24.5 Å². The average Bonchev–Trinajstić information content (AvgIpc) is 2.72. The standard InChI is InChI=1S/C15H19N3O2/c1-3-17-10-14(19)18(15(17)20)13-9-16(2)8-11-6-4-5-7-12(11)13/h4-7,13H,3,8-10H2,1-2H3. The SMILES string of the molecule is CCN1CC(=O)N(C2CN(C)Cc3ccccc32)C1=O. The van der Waals surface area contributed by atoms with Crippen molar-refractivity contribution in [2.45, 2.75) is 19.5 Å². The third-order valence-electron chi connectivity index (χ3n) is 4.10. The van der Waals surface area contributed by atoms with E-state index in [2.05, 4.69) is 11.0 Å². The van der Waals surface area contributed by atoms with Crippen LogP contribution in [0.1, 0.15) is 24.1 Å². The van der Waals surface area contributed by atoms with E-state index in [9.17, 15) is 9.59 Å². The Morgan fingerprint density at radius 1 is 1.20 bits per heavy atom. The van der Waals surface area contributed by atoms with Gasteiger partial charge in [-0.05, 0) is 25.1 Å². The molecule has 0 bridgehead atoms. The number of carbonyl (C=O) groups is 2. The molecule has 0 aromatic heterocycles. The molecule has 3 rings (SSSR count). The molecule has 1 saturated heterocycles. The molecule has 3 amide bonds. The quantitative estimate of drug-likeness (QED) is 0.766. The van der Waals surface area contributed by atoms with Crippen LogP contribution in [0.25, 0.3) is 0 Å². The molecule has 0 aliphatic carbocycles. The molecule has 1 fully saturated rings. The number of imide groups is 1. The monoisotopic (exact) mass is 273 g/mol. The topological polar surface area (TPSA) is 43.9 Å². The first-order valence-electron chi connectivity index (χ1n) is 6.99. The summed E-state index contributed by atoms with van der Waals surface area (Å²) in [6.07, 6.45) is 0. The molecular formula is C15H19N3O2. The summed E-state index contributed by atoms with van der Waals surface area (Å²) in [5.74, 6) is -0.0908. The van der Waals surface area contributed by atoms with Gasteiger partial charge >= 0.3 is 6.03 Å². The number of nitrogens with zero attached hydrogens (tertiary/aromatic N) is 3. The molecule has 5 nitrogen and oxygen atoms in total. The van der Waals surface area contributed by atoms with Gasteiger partial charge in [-0.1, -0.05) is 24.3 Å². The number of amides is 3. The maximum atomic E-state index is 12.4. The summed E-state index contributed by atoms with van der Waals surface area (Å²) in [7, 11) is 2.02. The number of hydrogen-bond donors (Lipinski definition) is 0. The van der Waals surface area contributed by atoms with Crippen molar-refractivity contribution in [3.05, 3.63) is 35.4 Å². The van der Waals surface area contributed by atoms with Gasteiger partial charge in [-0.15, -0.1) is 0 Å². The lowest BCUT2D eigenvalue weighted by Gasteiger charge is -2.36. The Hall–Kier alpha value is -1.88. The minimum Gasteiger partial charge on any atom is -0.315 e. The van der Waals surface area contributed by atoms with E-state index >= 15 is 0 Å². The normalized spacial score (nSPS) is 23.4. The van der Waals surface area contributed by atoms with Crippen LogP contribution in [0, 0.1) is 0 Å². The molecule has 2 heterocycles. The van der Waals surface area contributed by atoms with Crippen LogP contribution >= 0.6 is 0 Å². The maximum absolute atomic E-state index is 12.4. The largest absolute Gasteiger partial charge is 0.327 e. The summed E-state index contributed by atoms with van der Waals surface area (Å²) < 4.78 is 0. The molecule has 2 aliphatic heterocycles. The molecule has 1 aromatic rings. The van der Waals surface area contributed by atoms with Crippen molar-refractivity contribution < 1.29 is 9.59 Å². The highest BCUT2D eigenvalue weighted by atomic mass is 16.2. The van der Waals surface area contributed by atoms with Gasteiger partial charge in [-0.2, -0.15) is 0 Å². The fourth-order valence-electron chi connectivity index (χ4n) is 3.09. The van der Waals surface area contributed by atoms with Crippen LogP contribution in [-0.2, 0) is 11.3 Å². The van der Waals surface area contributed by atoms with Gasteiger partial charge in [-0.3, -0.25) is 14.6 Å². The van der Waals surface area contributed by atoms with E-state index in [1.807, 2.05) is 32.2 Å². The Kier molecular flexibility index (Phi) is 3.22. The van der Waals surface area contributed by atoms with Crippen molar-refractivity contribution in [2.24, 2.45) is 0 Å². The van der Waals surface area contributed by atoms with Gasteiger partial charge in [0.2, 0.25) is 0 Å². The van der Waals surface area contributed by atoms with E-state index in [1.165, 1.54) is 10.5 Å². The maximum Gasteiger partial charge on any atom is 0.327 e. The van der Waals surface area contributed by atoms with Gasteiger partial charge < -0.3 is 4.90 Å². The number of urea groups is 1. The second-order valence-corrected chi connectivity index (χ2v) is 5.47. The number of fused-ring (bicyclic) bond motifs is 1. The van der Waals surface area contributed by atoms with Crippen LogP contribution in [0.5, 0.6) is 0 Å². The molecule has 2 aliphatic rings. The van der Waals surface area contributed by atoms with Crippen molar-refractivity contribution in [1.29, 1.82) is 0 Å². The predicted octanol–water partition coefficient (Wildman–Crippen LogP) is 1.46. The number of carbonyl (C=O) groups excluding carboxylic acids is 2. The second-order valence-electron chi connectivity index (χ2n) is 5.47. The third kappa shape index (κ3) is 1.98. The van der Waals surface area contributed by atoms with Gasteiger partial charge in [0.15, 0.2) is 0 Å². The first kappa shape index (κ1) is 13.1. The van der Waals surface area contributed by atoms with E-state index in [1.54, 1.807) is 4.90 Å². The minimum absolute atomic E-state index is 0.0908. The van der Waals surface area contributed by atoms with Crippen molar-refractivity contribution in [3.63, 3.8) is 0 Å². The van der Waals surface area contributed by atoms with Gasteiger partial charge in [-0.25, -0.2) is 4.79 Å². The molecule has 0 N–H and O–H groups in total. The number of rotatable bonds is 2. The summed E-state index contributed by atoms with van der Waals surface area (Å²) in [5, 5.41) is 0. The first-order chi connectivity index (χ1) is 9.61. The highest BCUT2D eigenvalue weighted by Crippen LogP contribution is 2.32. The first-order valence-corrected chi connectivity index (χ1v) is 6.99. The zero-order valence-corrected chi connectivity index (χ0v) is 11.9. The molecule has 1 aromatic carbocycles. The van der Waals surface area contributed by atoms with Crippen molar-refractivity contribution >= 4 is 11.9 Å². The van der Waals surface area contributed by atoms with Crippen LogP contribution in [0.2, 0.25) is 0 Å². The summed E-state index contributed by atoms with van der Waals surface area (Å²) in [6.45, 7) is 4.24. The van der Waals surface area contributed by atoms with Crippen LogP contribution in [0.3, 0.4) is 0 Å². The molecule has 5 heteroatoms. The van der Waals surface area contributed by atoms with Crippen LogP contribution < -0.4 is 0 Å². The molecule has 1 unspecified atom stereocenters. The van der Waals surface area contributed by atoms with Gasteiger partial charge in [0.05, 0.1) is 6.04 Å². The lowest BCUT2D eigenvalue weighted by atomic mass is 9.95. The van der Waals surface area contributed by atoms with Crippen molar-refractivity contribution in [3.8, 4) is 0 Å². The molecule has 0 spiro atoms. The summed E-state index contributed by atoms with van der Waals surface area (Å²) in [6, 6.07) is 7.75. The fraction of sp³-hybridized carbons (Fsp3) is 0.467. The number of hydrogen-bond acceptors (Lipinski definition) is 3. The van der Waals surface area contributed by atoms with Crippen molar-refractivity contribution in [1.82, 2.24) is 14.7 Å². The van der Waals surface area contributed by atoms with Crippen molar-refractivity contribution in [2.75, 3.05) is 26.7 Å². The Morgan fingerprint density at radius 2 is 1.95 bits per heavy atom. The van der Waals surface area contributed by atoms with Crippen LogP contribution in [-0.4, -0.2) is 53.3 Å². The zero-order chi connectivity index (χ0) is 14.3. The lowest BCUT2D eigenvalue weighted by Crippen LogP contribution is -2.44. The highest BCUT2D eigenvalue weighted by Gasteiger charge is 2.42. The Labute approximate surface area is 118 Å². The van der Waals surface area contributed by atoms with Crippen LogP contribution in [0.15, 0.2) is 24.3 Å². The summed E-state index contributed by atoms with van der Waals surface area (Å²) in [4.78, 5) is 29.8. The van der Waals surface area contributed by atoms with E-state index in [4.69, 9.17) is 0 Å². The second kappa shape index (κ2) is 4.90. The average molecular weight is 273 g/mol. The minimum atomic E-state index is -0.165. The Morgan fingerprint density at radius 3 is 2.65 bits per heavy atom. The molecule has 0 radical (unpaired) electrons.